The van der Waals surface area contributed by atoms with E-state index >= 15 is 0 Å². The van der Waals surface area contributed by atoms with E-state index in [1.807, 2.05) is 0 Å². The lowest BCUT2D eigenvalue weighted by Crippen LogP contribution is -2.37. The minimum Gasteiger partial charge on any atom is -0.310 e. The quantitative estimate of drug-likeness (QED) is 0.759. The number of nitrogens with one attached hydrogen (secondary N) is 1. The Balaban J connectivity index is 2.25. The fraction of sp³-hybridized carbons (Fsp3) is 0.700. The second-order valence-corrected chi connectivity index (χ2v) is 8.08. The fourth-order valence-corrected chi connectivity index (χ4v) is 3.79. The standard InChI is InChI=1S/C20H33N/c1-6-21-18(20(5)14-8-7-9-15-20)16-10-12-17(13-11-16)19(2,3)4/h10-13,18,21H,6-9,14-15H2,1-5H3. The Hall–Kier alpha value is -0.820. The van der Waals surface area contributed by atoms with Crippen molar-refractivity contribution in [3.8, 4) is 0 Å². The monoisotopic (exact) mass is 287 g/mol. The summed E-state index contributed by atoms with van der Waals surface area (Å²) in [5, 5.41) is 3.77. The molecule has 1 aliphatic rings. The van der Waals surface area contributed by atoms with E-state index in [9.17, 15) is 0 Å². The van der Waals surface area contributed by atoms with Crippen LogP contribution in [0, 0.1) is 5.41 Å². The van der Waals surface area contributed by atoms with Crippen LogP contribution in [0.2, 0.25) is 0 Å². The highest BCUT2D eigenvalue weighted by atomic mass is 14.9. The molecule has 1 saturated carbocycles. The van der Waals surface area contributed by atoms with Gasteiger partial charge >= 0.3 is 0 Å². The van der Waals surface area contributed by atoms with Gasteiger partial charge in [-0.2, -0.15) is 0 Å². The third-order valence-electron chi connectivity index (χ3n) is 5.21. The average molecular weight is 287 g/mol. The number of benzene rings is 1. The van der Waals surface area contributed by atoms with Crippen molar-refractivity contribution < 1.29 is 0 Å². The van der Waals surface area contributed by atoms with E-state index in [-0.39, 0.29) is 5.41 Å². The van der Waals surface area contributed by atoms with E-state index in [2.05, 4.69) is 64.2 Å². The summed E-state index contributed by atoms with van der Waals surface area (Å²) < 4.78 is 0. The molecule has 1 unspecified atom stereocenters. The smallest absolute Gasteiger partial charge is 0.0374 e. The lowest BCUT2D eigenvalue weighted by atomic mass is 9.68. The molecule has 0 amide bonds. The maximum atomic E-state index is 3.77. The van der Waals surface area contributed by atoms with E-state index in [1.54, 1.807) is 0 Å². The predicted octanol–water partition coefficient (Wildman–Crippen LogP) is 5.61. The van der Waals surface area contributed by atoms with E-state index in [1.165, 1.54) is 43.2 Å². The molecular weight excluding hydrogens is 254 g/mol. The molecule has 1 N–H and O–H groups in total. The minimum absolute atomic E-state index is 0.237. The Morgan fingerprint density at radius 3 is 2.10 bits per heavy atom. The van der Waals surface area contributed by atoms with Crippen LogP contribution in [0.1, 0.15) is 83.9 Å². The van der Waals surface area contributed by atoms with Crippen molar-refractivity contribution in [2.24, 2.45) is 5.41 Å². The van der Waals surface area contributed by atoms with Crippen LogP contribution in [0.15, 0.2) is 24.3 Å². The second kappa shape index (κ2) is 6.52. The lowest BCUT2D eigenvalue weighted by molar-refractivity contribution is 0.146. The van der Waals surface area contributed by atoms with Gasteiger partial charge in [0.05, 0.1) is 0 Å². The Labute approximate surface area is 131 Å². The summed E-state index contributed by atoms with van der Waals surface area (Å²) in [5.74, 6) is 0. The molecule has 0 saturated heterocycles. The van der Waals surface area contributed by atoms with Crippen molar-refractivity contribution in [3.63, 3.8) is 0 Å². The maximum absolute atomic E-state index is 3.77. The van der Waals surface area contributed by atoms with Crippen LogP contribution in [0.3, 0.4) is 0 Å². The SMILES string of the molecule is CCNC(c1ccc(C(C)(C)C)cc1)C1(C)CCCCC1. The first-order valence-electron chi connectivity index (χ1n) is 8.71. The molecule has 21 heavy (non-hydrogen) atoms. The molecule has 0 radical (unpaired) electrons. The molecule has 1 heteroatoms. The van der Waals surface area contributed by atoms with Gasteiger partial charge in [-0.3, -0.25) is 0 Å². The Bertz CT molecular complexity index is 432. The van der Waals surface area contributed by atoms with E-state index in [4.69, 9.17) is 0 Å². The highest BCUT2D eigenvalue weighted by Gasteiger charge is 2.35. The van der Waals surface area contributed by atoms with Gasteiger partial charge in [-0.1, -0.05) is 78.1 Å². The first-order chi connectivity index (χ1) is 9.87. The van der Waals surface area contributed by atoms with Gasteiger partial charge in [-0.25, -0.2) is 0 Å². The van der Waals surface area contributed by atoms with Gasteiger partial charge < -0.3 is 5.32 Å². The lowest BCUT2D eigenvalue weighted by Gasteiger charge is -2.41. The Kier molecular flexibility index (Phi) is 5.14. The zero-order valence-corrected chi connectivity index (χ0v) is 14.6. The first-order valence-corrected chi connectivity index (χ1v) is 8.71. The van der Waals surface area contributed by atoms with Crippen molar-refractivity contribution in [1.29, 1.82) is 0 Å². The van der Waals surface area contributed by atoms with Crippen molar-refractivity contribution in [1.82, 2.24) is 5.32 Å². The van der Waals surface area contributed by atoms with Gasteiger partial charge in [0.2, 0.25) is 0 Å². The average Bonchev–Trinajstić information content (AvgIpc) is 2.44. The van der Waals surface area contributed by atoms with Crippen molar-refractivity contribution in [2.75, 3.05) is 6.54 Å². The summed E-state index contributed by atoms with van der Waals surface area (Å²) in [6.45, 7) is 12.6. The van der Waals surface area contributed by atoms with E-state index in [0.717, 1.165) is 6.54 Å². The minimum atomic E-state index is 0.237. The zero-order valence-electron chi connectivity index (χ0n) is 14.6. The van der Waals surface area contributed by atoms with Crippen molar-refractivity contribution in [2.45, 2.75) is 78.2 Å². The highest BCUT2D eigenvalue weighted by Crippen LogP contribution is 2.45. The topological polar surface area (TPSA) is 12.0 Å². The highest BCUT2D eigenvalue weighted by molar-refractivity contribution is 5.30. The molecule has 0 heterocycles. The molecular formula is C20H33N. The molecule has 118 valence electrons. The van der Waals surface area contributed by atoms with Crippen LogP contribution in [0.25, 0.3) is 0 Å². The summed E-state index contributed by atoms with van der Waals surface area (Å²) in [6.07, 6.45) is 6.89. The number of hydrogen-bond donors (Lipinski definition) is 1. The van der Waals surface area contributed by atoms with Gasteiger partial charge in [-0.15, -0.1) is 0 Å². The molecule has 0 aromatic heterocycles. The fourth-order valence-electron chi connectivity index (χ4n) is 3.79. The van der Waals surface area contributed by atoms with Crippen molar-refractivity contribution >= 4 is 0 Å². The molecule has 1 aromatic carbocycles. The summed E-state index contributed by atoms with van der Waals surface area (Å²) in [6, 6.07) is 9.86. The summed E-state index contributed by atoms with van der Waals surface area (Å²) in [4.78, 5) is 0. The maximum Gasteiger partial charge on any atom is 0.0374 e. The second-order valence-electron chi connectivity index (χ2n) is 8.08. The summed E-state index contributed by atoms with van der Waals surface area (Å²) in [5.41, 5.74) is 3.54. The molecule has 0 spiro atoms. The van der Waals surface area contributed by atoms with Crippen molar-refractivity contribution in [3.05, 3.63) is 35.4 Å². The zero-order chi connectivity index (χ0) is 15.5. The van der Waals surface area contributed by atoms with Gasteiger partial charge in [0.25, 0.3) is 0 Å². The summed E-state index contributed by atoms with van der Waals surface area (Å²) in [7, 11) is 0. The number of hydrogen-bond acceptors (Lipinski definition) is 1. The third-order valence-corrected chi connectivity index (χ3v) is 5.21. The van der Waals surface area contributed by atoms with Crippen LogP contribution in [0.4, 0.5) is 0 Å². The molecule has 1 aliphatic carbocycles. The normalized spacial score (nSPS) is 20.2. The summed E-state index contributed by atoms with van der Waals surface area (Å²) >= 11 is 0. The van der Waals surface area contributed by atoms with Crippen LogP contribution in [-0.2, 0) is 5.41 Å². The molecule has 1 aromatic rings. The predicted molar refractivity (Wildman–Crippen MR) is 92.8 cm³/mol. The molecule has 0 aliphatic heterocycles. The van der Waals surface area contributed by atoms with E-state index in [0.29, 0.717) is 11.5 Å². The number of rotatable bonds is 4. The van der Waals surface area contributed by atoms with Crippen LogP contribution < -0.4 is 5.32 Å². The Morgan fingerprint density at radius 1 is 1.05 bits per heavy atom. The molecule has 1 fully saturated rings. The van der Waals surface area contributed by atoms with Crippen LogP contribution in [0.5, 0.6) is 0 Å². The Morgan fingerprint density at radius 2 is 1.62 bits per heavy atom. The molecule has 2 rings (SSSR count). The largest absolute Gasteiger partial charge is 0.310 e. The first kappa shape index (κ1) is 16.5. The molecule has 1 nitrogen and oxygen atoms in total. The van der Waals surface area contributed by atoms with Gasteiger partial charge in [0, 0.05) is 6.04 Å². The van der Waals surface area contributed by atoms with Gasteiger partial charge in [-0.05, 0) is 41.3 Å². The molecule has 1 atom stereocenters. The van der Waals surface area contributed by atoms with Crippen LogP contribution in [-0.4, -0.2) is 6.54 Å². The molecule has 0 bridgehead atoms. The van der Waals surface area contributed by atoms with Gasteiger partial charge in [0.15, 0.2) is 0 Å². The third kappa shape index (κ3) is 3.88. The van der Waals surface area contributed by atoms with Gasteiger partial charge in [0.1, 0.15) is 0 Å². The van der Waals surface area contributed by atoms with E-state index < -0.39 is 0 Å². The van der Waals surface area contributed by atoms with Crippen LogP contribution >= 0.6 is 0 Å².